The first kappa shape index (κ1) is 16.6. The van der Waals surface area contributed by atoms with Crippen molar-refractivity contribution in [2.75, 3.05) is 0 Å². The fraction of sp³-hybridized carbons (Fsp3) is 0.250. The van der Waals surface area contributed by atoms with Crippen molar-refractivity contribution >= 4 is 5.91 Å². The molecule has 0 aliphatic carbocycles. The van der Waals surface area contributed by atoms with Crippen molar-refractivity contribution in [2.45, 2.75) is 26.8 Å². The van der Waals surface area contributed by atoms with E-state index in [4.69, 9.17) is 0 Å². The molecule has 1 amide bonds. The van der Waals surface area contributed by atoms with Crippen LogP contribution < -0.4 is 5.32 Å². The molecule has 0 spiro atoms. The molecule has 8 nitrogen and oxygen atoms in total. The second kappa shape index (κ2) is 7.12. The summed E-state index contributed by atoms with van der Waals surface area (Å²) in [7, 11) is 0. The Hall–Kier alpha value is -3.23. The number of amides is 1. The quantitative estimate of drug-likeness (QED) is 0.729. The zero-order valence-electron chi connectivity index (χ0n) is 13.7. The number of H-pyrrole nitrogens is 1. The number of nitrogens with zero attached hydrogens (tertiary/aromatic N) is 5. The molecule has 0 unspecified atom stereocenters. The highest BCUT2D eigenvalue weighted by molar-refractivity contribution is 5.93. The number of aromatic amines is 1. The van der Waals surface area contributed by atoms with Crippen molar-refractivity contribution in [3.8, 4) is 11.5 Å². The van der Waals surface area contributed by atoms with Gasteiger partial charge in [-0.3, -0.25) is 4.79 Å². The molecule has 0 aliphatic heterocycles. The van der Waals surface area contributed by atoms with E-state index in [0.29, 0.717) is 23.5 Å². The van der Waals surface area contributed by atoms with E-state index in [-0.39, 0.29) is 29.8 Å². The molecule has 0 radical (unpaired) electrons. The molecule has 2 aromatic heterocycles. The number of tetrazole rings is 1. The number of hydrogen-bond donors (Lipinski definition) is 2. The lowest BCUT2D eigenvalue weighted by Crippen LogP contribution is -2.24. The summed E-state index contributed by atoms with van der Waals surface area (Å²) in [4.78, 5) is 20.7. The third-order valence-electron chi connectivity index (χ3n) is 3.59. The Bertz CT molecular complexity index is 896. The van der Waals surface area contributed by atoms with Crippen molar-refractivity contribution in [2.24, 2.45) is 0 Å². The molecule has 3 aromatic rings. The summed E-state index contributed by atoms with van der Waals surface area (Å²) in [5, 5.41) is 16.3. The summed E-state index contributed by atoms with van der Waals surface area (Å²) in [6.07, 6.45) is 0.590. The lowest BCUT2D eigenvalue weighted by atomic mass is 10.1. The molecule has 2 N–H and O–H groups in total. The van der Waals surface area contributed by atoms with Gasteiger partial charge in [0, 0.05) is 6.54 Å². The first-order chi connectivity index (χ1) is 12.1. The van der Waals surface area contributed by atoms with E-state index >= 15 is 0 Å². The summed E-state index contributed by atoms with van der Waals surface area (Å²) >= 11 is 0. The molecular formula is C16H16FN7O. The highest BCUT2D eigenvalue weighted by Gasteiger charge is 2.14. The lowest BCUT2D eigenvalue weighted by molar-refractivity contribution is 0.0945. The molecule has 0 bridgehead atoms. The minimum atomic E-state index is -0.363. The predicted octanol–water partition coefficient (Wildman–Crippen LogP) is 1.60. The largest absolute Gasteiger partial charge is 0.347 e. The Balaban J connectivity index is 1.75. The van der Waals surface area contributed by atoms with Gasteiger partial charge in [-0.2, -0.15) is 5.21 Å². The van der Waals surface area contributed by atoms with Crippen LogP contribution in [0.4, 0.5) is 4.39 Å². The van der Waals surface area contributed by atoms with Crippen molar-refractivity contribution in [1.82, 2.24) is 35.9 Å². The maximum atomic E-state index is 13.5. The van der Waals surface area contributed by atoms with Crippen molar-refractivity contribution < 1.29 is 9.18 Å². The maximum Gasteiger partial charge on any atom is 0.270 e. The molecule has 3 rings (SSSR count). The van der Waals surface area contributed by atoms with Crippen molar-refractivity contribution in [1.29, 1.82) is 0 Å². The molecule has 0 saturated carbocycles. The maximum absolute atomic E-state index is 13.5. The van der Waals surface area contributed by atoms with Crippen LogP contribution in [0.2, 0.25) is 0 Å². The predicted molar refractivity (Wildman–Crippen MR) is 86.9 cm³/mol. The minimum absolute atomic E-state index is 0.199. The van der Waals surface area contributed by atoms with Crippen LogP contribution in [0.3, 0.4) is 0 Å². The summed E-state index contributed by atoms with van der Waals surface area (Å²) in [6.45, 7) is 3.82. The van der Waals surface area contributed by atoms with Gasteiger partial charge in [-0.15, -0.1) is 10.2 Å². The van der Waals surface area contributed by atoms with Crippen molar-refractivity contribution in [3.05, 3.63) is 52.7 Å². The van der Waals surface area contributed by atoms with Gasteiger partial charge in [0.1, 0.15) is 23.0 Å². The number of rotatable bonds is 5. The average Bonchev–Trinajstić information content (AvgIpc) is 3.15. The van der Waals surface area contributed by atoms with Gasteiger partial charge in [0.25, 0.3) is 5.91 Å². The van der Waals surface area contributed by atoms with Gasteiger partial charge in [0.05, 0.1) is 0 Å². The Morgan fingerprint density at radius 2 is 2.12 bits per heavy atom. The van der Waals surface area contributed by atoms with E-state index in [1.54, 1.807) is 19.1 Å². The second-order valence-electron chi connectivity index (χ2n) is 5.38. The Kier molecular flexibility index (Phi) is 4.73. The van der Waals surface area contributed by atoms with Crippen LogP contribution in [0.1, 0.15) is 34.4 Å². The normalized spacial score (nSPS) is 10.7. The van der Waals surface area contributed by atoms with Crippen LogP contribution in [0.25, 0.3) is 11.5 Å². The highest BCUT2D eigenvalue weighted by atomic mass is 19.1. The van der Waals surface area contributed by atoms with Crippen LogP contribution in [0.5, 0.6) is 0 Å². The van der Waals surface area contributed by atoms with Crippen LogP contribution in [0.15, 0.2) is 24.3 Å². The number of aryl methyl sites for hydroxylation is 2. The molecule has 1 aromatic carbocycles. The lowest BCUT2D eigenvalue weighted by Gasteiger charge is -2.08. The third kappa shape index (κ3) is 3.82. The SMILES string of the molecule is CCc1cc(CNC(=O)c2cc(-c3nn[nH]n3)nc(C)n2)ccc1F. The smallest absolute Gasteiger partial charge is 0.270 e. The second-order valence-corrected chi connectivity index (χ2v) is 5.38. The Morgan fingerprint density at radius 1 is 1.28 bits per heavy atom. The zero-order valence-corrected chi connectivity index (χ0v) is 13.7. The minimum Gasteiger partial charge on any atom is -0.347 e. The van der Waals surface area contributed by atoms with E-state index in [2.05, 4.69) is 35.9 Å². The van der Waals surface area contributed by atoms with Crippen LogP contribution in [-0.2, 0) is 13.0 Å². The van der Waals surface area contributed by atoms with E-state index < -0.39 is 0 Å². The zero-order chi connectivity index (χ0) is 17.8. The van der Waals surface area contributed by atoms with Crippen LogP contribution >= 0.6 is 0 Å². The number of hydrogen-bond acceptors (Lipinski definition) is 6. The Morgan fingerprint density at radius 3 is 2.84 bits per heavy atom. The van der Waals surface area contributed by atoms with Gasteiger partial charge >= 0.3 is 0 Å². The fourth-order valence-corrected chi connectivity index (χ4v) is 2.35. The molecule has 0 atom stereocenters. The molecule has 9 heteroatoms. The number of halogens is 1. The fourth-order valence-electron chi connectivity index (χ4n) is 2.35. The van der Waals surface area contributed by atoms with Gasteiger partial charge in [-0.05, 0) is 41.8 Å². The summed E-state index contributed by atoms with van der Waals surface area (Å²) < 4.78 is 13.5. The summed E-state index contributed by atoms with van der Waals surface area (Å²) in [5.41, 5.74) is 2.03. The highest BCUT2D eigenvalue weighted by Crippen LogP contribution is 2.13. The van der Waals surface area contributed by atoms with E-state index in [1.807, 2.05) is 6.92 Å². The molecule has 0 aliphatic rings. The van der Waals surface area contributed by atoms with Gasteiger partial charge in [-0.1, -0.05) is 19.1 Å². The Labute approximate surface area is 142 Å². The molecule has 128 valence electrons. The molecular weight excluding hydrogens is 325 g/mol. The standard InChI is InChI=1S/C16H16FN7O/c1-3-11-6-10(4-5-12(11)17)8-18-16(25)14-7-13(19-9(2)20-14)15-21-23-24-22-15/h4-7H,3,8H2,1-2H3,(H,18,25)(H,21,22,23,24). The van der Waals surface area contributed by atoms with Crippen LogP contribution in [-0.4, -0.2) is 36.5 Å². The van der Waals surface area contributed by atoms with E-state index in [0.717, 1.165) is 5.56 Å². The van der Waals surface area contributed by atoms with E-state index in [1.165, 1.54) is 12.1 Å². The molecule has 25 heavy (non-hydrogen) atoms. The number of benzene rings is 1. The van der Waals surface area contributed by atoms with Gasteiger partial charge < -0.3 is 5.32 Å². The monoisotopic (exact) mass is 341 g/mol. The first-order valence-corrected chi connectivity index (χ1v) is 7.72. The number of nitrogens with one attached hydrogen (secondary N) is 2. The van der Waals surface area contributed by atoms with Crippen molar-refractivity contribution in [3.63, 3.8) is 0 Å². The van der Waals surface area contributed by atoms with Gasteiger partial charge in [0.15, 0.2) is 0 Å². The van der Waals surface area contributed by atoms with E-state index in [9.17, 15) is 9.18 Å². The third-order valence-corrected chi connectivity index (χ3v) is 3.59. The van der Waals surface area contributed by atoms with Gasteiger partial charge in [0.2, 0.25) is 5.82 Å². The molecule has 0 fully saturated rings. The number of aromatic nitrogens is 6. The summed E-state index contributed by atoms with van der Waals surface area (Å²) in [6, 6.07) is 6.29. The summed E-state index contributed by atoms with van der Waals surface area (Å²) in [5.74, 6) is 0.0968. The molecule has 0 saturated heterocycles. The average molecular weight is 341 g/mol. The topological polar surface area (TPSA) is 109 Å². The first-order valence-electron chi connectivity index (χ1n) is 7.72. The van der Waals surface area contributed by atoms with Gasteiger partial charge in [-0.25, -0.2) is 14.4 Å². The van der Waals surface area contributed by atoms with Crippen LogP contribution in [0, 0.1) is 12.7 Å². The number of carbonyl (C=O) groups is 1. The molecule has 2 heterocycles. The number of carbonyl (C=O) groups excluding carboxylic acids is 1.